The van der Waals surface area contributed by atoms with E-state index in [-0.39, 0.29) is 17.6 Å². The first-order valence-electron chi connectivity index (χ1n) is 9.81. The lowest BCUT2D eigenvalue weighted by Gasteiger charge is -2.18. The molecule has 0 aliphatic carbocycles. The van der Waals surface area contributed by atoms with E-state index in [1.54, 1.807) is 54.3 Å². The first-order valence-corrected chi connectivity index (χ1v) is 10.8. The first-order chi connectivity index (χ1) is 15.1. The Hall–Kier alpha value is -3.46. The maximum absolute atomic E-state index is 12.4. The molecule has 0 spiro atoms. The molecule has 1 aliphatic heterocycles. The van der Waals surface area contributed by atoms with Crippen molar-refractivity contribution in [1.29, 1.82) is 0 Å². The van der Waals surface area contributed by atoms with E-state index in [4.69, 9.17) is 9.47 Å². The molecular formula is C22H22N4O4S. The van der Waals surface area contributed by atoms with Crippen LogP contribution in [0.25, 0.3) is 0 Å². The summed E-state index contributed by atoms with van der Waals surface area (Å²) in [5, 5.41) is 9.80. The second-order valence-corrected chi connectivity index (χ2v) is 7.92. The number of aromatic nitrogens is 2. The number of anilines is 2. The fourth-order valence-electron chi connectivity index (χ4n) is 3.01. The Morgan fingerprint density at radius 3 is 2.61 bits per heavy atom. The van der Waals surface area contributed by atoms with Crippen LogP contribution >= 0.6 is 11.8 Å². The lowest BCUT2D eigenvalue weighted by molar-refractivity contribution is -0.119. The highest BCUT2D eigenvalue weighted by Gasteiger charge is 2.16. The monoisotopic (exact) mass is 438 g/mol. The Morgan fingerprint density at radius 2 is 1.84 bits per heavy atom. The molecule has 2 aromatic carbocycles. The van der Waals surface area contributed by atoms with Gasteiger partial charge in [0.25, 0.3) is 0 Å². The first kappa shape index (κ1) is 20.8. The second-order valence-electron chi connectivity index (χ2n) is 6.87. The van der Waals surface area contributed by atoms with Gasteiger partial charge in [0.05, 0.1) is 5.75 Å². The Kier molecular flexibility index (Phi) is 6.42. The number of hydrogen-bond donors (Lipinski definition) is 2. The summed E-state index contributed by atoms with van der Waals surface area (Å²) in [5.74, 6) is 1.33. The summed E-state index contributed by atoms with van der Waals surface area (Å²) < 4.78 is 12.7. The van der Waals surface area contributed by atoms with Crippen LogP contribution in [0.3, 0.4) is 0 Å². The average Bonchev–Trinajstić information content (AvgIpc) is 3.32. The van der Waals surface area contributed by atoms with Crippen molar-refractivity contribution in [3.05, 3.63) is 60.9 Å². The predicted molar refractivity (Wildman–Crippen MR) is 119 cm³/mol. The standard InChI is InChI=1S/C22H22N4O4S/c1-15(26-9-3-8-23-26)22(28)25-17-5-2-4-16(12-17)24-21(27)14-31-18-6-7-19-20(13-18)30-11-10-29-19/h2-9,12-13,15H,10-11,14H2,1H3,(H,24,27)(H,25,28). The Morgan fingerprint density at radius 1 is 1.06 bits per heavy atom. The molecule has 0 bridgehead atoms. The molecule has 2 heterocycles. The maximum Gasteiger partial charge on any atom is 0.248 e. The van der Waals surface area contributed by atoms with Gasteiger partial charge in [-0.15, -0.1) is 11.8 Å². The Bertz CT molecular complexity index is 1070. The maximum atomic E-state index is 12.4. The second kappa shape index (κ2) is 9.57. The molecule has 0 saturated heterocycles. The minimum Gasteiger partial charge on any atom is -0.486 e. The lowest BCUT2D eigenvalue weighted by atomic mass is 10.2. The Balaban J connectivity index is 1.31. The molecule has 0 radical (unpaired) electrons. The van der Waals surface area contributed by atoms with Crippen molar-refractivity contribution in [1.82, 2.24) is 9.78 Å². The van der Waals surface area contributed by atoms with Crippen molar-refractivity contribution < 1.29 is 19.1 Å². The van der Waals surface area contributed by atoms with Crippen LogP contribution in [0.15, 0.2) is 65.8 Å². The smallest absolute Gasteiger partial charge is 0.248 e. The number of nitrogens with one attached hydrogen (secondary N) is 2. The molecule has 1 aromatic heterocycles. The predicted octanol–water partition coefficient (Wildman–Crippen LogP) is 3.58. The number of hydrogen-bond acceptors (Lipinski definition) is 6. The van der Waals surface area contributed by atoms with Crippen LogP contribution in [0.4, 0.5) is 11.4 Å². The molecule has 0 fully saturated rings. The van der Waals surface area contributed by atoms with Gasteiger partial charge in [0.2, 0.25) is 11.8 Å². The van der Waals surface area contributed by atoms with E-state index in [1.165, 1.54) is 11.8 Å². The van der Waals surface area contributed by atoms with Gasteiger partial charge < -0.3 is 20.1 Å². The van der Waals surface area contributed by atoms with Crippen molar-refractivity contribution in [3.8, 4) is 11.5 Å². The molecule has 2 N–H and O–H groups in total. The van der Waals surface area contributed by atoms with Gasteiger partial charge in [-0.05, 0) is 49.4 Å². The molecule has 2 amide bonds. The van der Waals surface area contributed by atoms with Crippen LogP contribution in [-0.4, -0.2) is 40.6 Å². The van der Waals surface area contributed by atoms with Gasteiger partial charge in [-0.1, -0.05) is 6.07 Å². The third-order valence-electron chi connectivity index (χ3n) is 4.60. The quantitative estimate of drug-likeness (QED) is 0.548. The van der Waals surface area contributed by atoms with Gasteiger partial charge in [-0.2, -0.15) is 5.10 Å². The molecule has 3 aromatic rings. The highest BCUT2D eigenvalue weighted by atomic mass is 32.2. The van der Waals surface area contributed by atoms with Gasteiger partial charge in [0, 0.05) is 28.7 Å². The van der Waals surface area contributed by atoms with Crippen molar-refractivity contribution >= 4 is 35.0 Å². The van der Waals surface area contributed by atoms with Crippen LogP contribution in [-0.2, 0) is 9.59 Å². The zero-order valence-electron chi connectivity index (χ0n) is 16.9. The molecule has 4 rings (SSSR count). The van der Waals surface area contributed by atoms with Gasteiger partial charge >= 0.3 is 0 Å². The van der Waals surface area contributed by atoms with E-state index in [1.807, 2.05) is 18.2 Å². The number of carbonyl (C=O) groups excluding carboxylic acids is 2. The van der Waals surface area contributed by atoms with Crippen molar-refractivity contribution in [2.75, 3.05) is 29.6 Å². The number of fused-ring (bicyclic) bond motifs is 1. The third kappa shape index (κ3) is 5.37. The lowest BCUT2D eigenvalue weighted by Crippen LogP contribution is -2.24. The zero-order chi connectivity index (χ0) is 21.6. The van der Waals surface area contributed by atoms with E-state index in [2.05, 4.69) is 15.7 Å². The van der Waals surface area contributed by atoms with Crippen LogP contribution in [0, 0.1) is 0 Å². The van der Waals surface area contributed by atoms with Crippen molar-refractivity contribution in [2.45, 2.75) is 17.9 Å². The molecule has 9 heteroatoms. The van der Waals surface area contributed by atoms with E-state index < -0.39 is 6.04 Å². The van der Waals surface area contributed by atoms with Crippen molar-refractivity contribution in [3.63, 3.8) is 0 Å². The summed E-state index contributed by atoms with van der Waals surface area (Å²) in [6.07, 6.45) is 3.36. The SMILES string of the molecule is CC(C(=O)Nc1cccc(NC(=O)CSc2ccc3c(c2)OCCO3)c1)n1cccn1. The molecule has 8 nitrogen and oxygen atoms in total. The zero-order valence-corrected chi connectivity index (χ0v) is 17.7. The molecule has 1 atom stereocenters. The minimum absolute atomic E-state index is 0.145. The number of amides is 2. The van der Waals surface area contributed by atoms with Gasteiger partial charge in [-0.3, -0.25) is 14.3 Å². The van der Waals surface area contributed by atoms with E-state index in [0.717, 1.165) is 10.6 Å². The average molecular weight is 439 g/mol. The summed E-state index contributed by atoms with van der Waals surface area (Å²) in [4.78, 5) is 25.7. The number of benzene rings is 2. The normalized spacial score (nSPS) is 13.3. The fraction of sp³-hybridized carbons (Fsp3) is 0.227. The minimum atomic E-state index is -0.448. The van der Waals surface area contributed by atoms with Crippen molar-refractivity contribution in [2.24, 2.45) is 0 Å². The number of nitrogens with zero attached hydrogens (tertiary/aromatic N) is 2. The summed E-state index contributed by atoms with van der Waals surface area (Å²) in [5.41, 5.74) is 1.21. The molecular weight excluding hydrogens is 416 g/mol. The molecule has 31 heavy (non-hydrogen) atoms. The number of rotatable bonds is 7. The highest BCUT2D eigenvalue weighted by Crippen LogP contribution is 2.34. The summed E-state index contributed by atoms with van der Waals surface area (Å²) in [7, 11) is 0. The van der Waals surface area contributed by atoms with E-state index in [0.29, 0.717) is 30.3 Å². The summed E-state index contributed by atoms with van der Waals surface area (Å²) >= 11 is 1.41. The topological polar surface area (TPSA) is 94.5 Å². The third-order valence-corrected chi connectivity index (χ3v) is 5.59. The van der Waals surface area contributed by atoms with Gasteiger partial charge in [0.1, 0.15) is 19.3 Å². The van der Waals surface area contributed by atoms with E-state index >= 15 is 0 Å². The van der Waals surface area contributed by atoms with Gasteiger partial charge in [0.15, 0.2) is 11.5 Å². The van der Waals surface area contributed by atoms with Gasteiger partial charge in [-0.25, -0.2) is 0 Å². The fourth-order valence-corrected chi connectivity index (χ4v) is 3.74. The molecule has 1 unspecified atom stereocenters. The molecule has 0 saturated carbocycles. The van der Waals surface area contributed by atoms with E-state index in [9.17, 15) is 9.59 Å². The largest absolute Gasteiger partial charge is 0.486 e. The van der Waals surface area contributed by atoms with Crippen LogP contribution < -0.4 is 20.1 Å². The highest BCUT2D eigenvalue weighted by molar-refractivity contribution is 8.00. The number of carbonyl (C=O) groups is 2. The number of thioether (sulfide) groups is 1. The molecule has 1 aliphatic rings. The van der Waals surface area contributed by atoms with Crippen LogP contribution in [0.2, 0.25) is 0 Å². The van der Waals surface area contributed by atoms with Crippen LogP contribution in [0.1, 0.15) is 13.0 Å². The summed E-state index contributed by atoms with van der Waals surface area (Å²) in [6, 6.07) is 14.0. The number of ether oxygens (including phenoxy) is 2. The molecule has 160 valence electrons. The van der Waals surface area contributed by atoms with Crippen LogP contribution in [0.5, 0.6) is 11.5 Å². The Labute approximate surface area is 183 Å². The summed E-state index contributed by atoms with van der Waals surface area (Å²) in [6.45, 7) is 2.84.